The Morgan fingerprint density at radius 1 is 1.63 bits per heavy atom. The number of anilines is 1. The number of nitrogen functional groups attached to an aromatic ring is 1. The zero-order valence-electron chi connectivity index (χ0n) is 10.6. The molecule has 0 radical (unpaired) electrons. The largest absolute Gasteiger partial charge is 0.396 e. The maximum absolute atomic E-state index is 12.2. The van der Waals surface area contributed by atoms with Gasteiger partial charge >= 0.3 is 0 Å². The first-order chi connectivity index (χ1) is 9.01. The Morgan fingerprint density at radius 3 is 2.84 bits per heavy atom. The molecule has 1 heterocycles. The van der Waals surface area contributed by atoms with E-state index >= 15 is 0 Å². The van der Waals surface area contributed by atoms with Crippen LogP contribution in [0.5, 0.6) is 0 Å². The summed E-state index contributed by atoms with van der Waals surface area (Å²) in [7, 11) is 0. The van der Waals surface area contributed by atoms with Gasteiger partial charge in [0.1, 0.15) is 12.0 Å². The number of pyridine rings is 1. The van der Waals surface area contributed by atoms with E-state index in [1.165, 1.54) is 4.90 Å². The van der Waals surface area contributed by atoms with E-state index in [1.54, 1.807) is 6.92 Å². The fourth-order valence-corrected chi connectivity index (χ4v) is 1.57. The molecule has 1 amide bonds. The second kappa shape index (κ2) is 6.64. The number of amides is 1. The van der Waals surface area contributed by atoms with Crippen LogP contribution in [0.4, 0.5) is 11.5 Å². The van der Waals surface area contributed by atoms with Crippen LogP contribution in [-0.4, -0.2) is 45.5 Å². The van der Waals surface area contributed by atoms with E-state index in [0.717, 1.165) is 12.3 Å². The molecule has 0 aromatic carbocycles. The highest BCUT2D eigenvalue weighted by Crippen LogP contribution is 2.18. The van der Waals surface area contributed by atoms with Gasteiger partial charge in [-0.3, -0.25) is 14.9 Å². The van der Waals surface area contributed by atoms with Gasteiger partial charge in [0.2, 0.25) is 0 Å². The Morgan fingerprint density at radius 2 is 2.32 bits per heavy atom. The fraction of sp³-hybridized carbons (Fsp3) is 0.455. The summed E-state index contributed by atoms with van der Waals surface area (Å²) in [6.07, 6.45) is 1.44. The summed E-state index contributed by atoms with van der Waals surface area (Å²) in [4.78, 5) is 27.3. The summed E-state index contributed by atoms with van der Waals surface area (Å²) in [6, 6.07) is 1.12. The molecule has 104 valence electrons. The number of nitrogens with zero attached hydrogens (tertiary/aromatic N) is 3. The summed E-state index contributed by atoms with van der Waals surface area (Å²) in [5, 5.41) is 19.4. The number of nitro groups is 1. The number of aromatic nitrogens is 1. The van der Waals surface area contributed by atoms with Gasteiger partial charge in [-0.25, -0.2) is 4.98 Å². The molecule has 3 N–H and O–H groups in total. The van der Waals surface area contributed by atoms with Gasteiger partial charge in [0.25, 0.3) is 11.6 Å². The minimum Gasteiger partial charge on any atom is -0.396 e. The molecular formula is C11H16N4O4. The summed E-state index contributed by atoms with van der Waals surface area (Å²) in [6.45, 7) is 2.51. The quantitative estimate of drug-likeness (QED) is 0.569. The number of hydrogen-bond donors (Lipinski definition) is 2. The summed E-state index contributed by atoms with van der Waals surface area (Å²) in [5.41, 5.74) is 5.31. The highest BCUT2D eigenvalue weighted by Gasteiger charge is 2.20. The third kappa shape index (κ3) is 3.62. The van der Waals surface area contributed by atoms with Crippen LogP contribution in [0.25, 0.3) is 0 Å². The molecule has 1 aromatic rings. The van der Waals surface area contributed by atoms with Crippen LogP contribution in [0.1, 0.15) is 23.7 Å². The molecule has 0 saturated heterocycles. The van der Waals surface area contributed by atoms with Crippen molar-refractivity contribution in [2.75, 3.05) is 25.4 Å². The lowest BCUT2D eigenvalue weighted by molar-refractivity contribution is -0.385. The molecule has 1 aromatic heterocycles. The average molecular weight is 268 g/mol. The van der Waals surface area contributed by atoms with Crippen LogP contribution in [0.15, 0.2) is 12.3 Å². The smallest absolute Gasteiger partial charge is 0.288 e. The molecule has 8 nitrogen and oxygen atoms in total. The molecule has 0 spiro atoms. The Hall–Kier alpha value is -2.22. The molecule has 0 bridgehead atoms. The Bertz CT molecular complexity index is 478. The van der Waals surface area contributed by atoms with E-state index in [9.17, 15) is 14.9 Å². The third-order valence-electron chi connectivity index (χ3n) is 2.60. The molecule has 0 unspecified atom stereocenters. The van der Waals surface area contributed by atoms with Crippen molar-refractivity contribution < 1.29 is 14.8 Å². The van der Waals surface area contributed by atoms with Crippen molar-refractivity contribution in [3.63, 3.8) is 0 Å². The van der Waals surface area contributed by atoms with Crippen LogP contribution in [0.3, 0.4) is 0 Å². The molecule has 0 saturated carbocycles. The predicted octanol–water partition coefficient (Wildman–Crippen LogP) is 0.416. The van der Waals surface area contributed by atoms with Crippen molar-refractivity contribution in [1.29, 1.82) is 0 Å². The lowest BCUT2D eigenvalue weighted by atomic mass is 10.2. The van der Waals surface area contributed by atoms with E-state index < -0.39 is 10.8 Å². The zero-order chi connectivity index (χ0) is 14.4. The third-order valence-corrected chi connectivity index (χ3v) is 2.60. The summed E-state index contributed by atoms with van der Waals surface area (Å²) < 4.78 is 0. The van der Waals surface area contributed by atoms with Crippen molar-refractivity contribution in [2.24, 2.45) is 0 Å². The van der Waals surface area contributed by atoms with Crippen molar-refractivity contribution in [2.45, 2.75) is 13.3 Å². The lowest BCUT2D eigenvalue weighted by Crippen LogP contribution is -2.33. The molecular weight excluding hydrogens is 252 g/mol. The first kappa shape index (κ1) is 14.8. The van der Waals surface area contributed by atoms with Crippen LogP contribution >= 0.6 is 0 Å². The lowest BCUT2D eigenvalue weighted by Gasteiger charge is -2.20. The molecule has 1 rings (SSSR count). The Labute approximate surface area is 110 Å². The van der Waals surface area contributed by atoms with Gasteiger partial charge in [0, 0.05) is 25.8 Å². The molecule has 19 heavy (non-hydrogen) atoms. The minimum atomic E-state index is -0.632. The minimum absolute atomic E-state index is 0.00832. The van der Waals surface area contributed by atoms with Gasteiger partial charge in [-0.2, -0.15) is 0 Å². The SMILES string of the molecule is CCN(CCCO)C(=O)c1cc([N+](=O)[O-])cnc1N. The number of aliphatic hydroxyl groups excluding tert-OH is 1. The summed E-state index contributed by atoms with van der Waals surface area (Å²) in [5.74, 6) is -0.470. The van der Waals surface area contributed by atoms with Crippen LogP contribution in [-0.2, 0) is 0 Å². The first-order valence-electron chi connectivity index (χ1n) is 5.81. The molecule has 0 aliphatic rings. The highest BCUT2D eigenvalue weighted by molar-refractivity contribution is 5.98. The summed E-state index contributed by atoms with van der Waals surface area (Å²) >= 11 is 0. The van der Waals surface area contributed by atoms with E-state index in [-0.39, 0.29) is 23.7 Å². The van der Waals surface area contributed by atoms with E-state index in [4.69, 9.17) is 10.8 Å². The number of carbonyl (C=O) groups excluding carboxylic acids is 1. The average Bonchev–Trinajstić information content (AvgIpc) is 2.39. The number of rotatable bonds is 6. The van der Waals surface area contributed by atoms with Crippen molar-refractivity contribution in [3.05, 3.63) is 27.9 Å². The first-order valence-corrected chi connectivity index (χ1v) is 5.81. The van der Waals surface area contributed by atoms with Gasteiger partial charge < -0.3 is 15.7 Å². The fourth-order valence-electron chi connectivity index (χ4n) is 1.57. The number of carbonyl (C=O) groups is 1. The Balaban J connectivity index is 3.02. The van der Waals surface area contributed by atoms with Gasteiger partial charge in [0.15, 0.2) is 0 Å². The van der Waals surface area contributed by atoms with Crippen molar-refractivity contribution in [3.8, 4) is 0 Å². The van der Waals surface area contributed by atoms with Crippen LogP contribution in [0, 0.1) is 10.1 Å². The predicted molar refractivity (Wildman–Crippen MR) is 68.6 cm³/mol. The van der Waals surface area contributed by atoms with Gasteiger partial charge in [0.05, 0.1) is 10.5 Å². The van der Waals surface area contributed by atoms with Crippen LogP contribution < -0.4 is 5.73 Å². The second-order valence-corrected chi connectivity index (χ2v) is 3.85. The van der Waals surface area contributed by atoms with E-state index in [1.807, 2.05) is 0 Å². The normalized spacial score (nSPS) is 10.2. The van der Waals surface area contributed by atoms with Crippen LogP contribution in [0.2, 0.25) is 0 Å². The standard InChI is InChI=1S/C11H16N4O4/c1-2-14(4-3-5-16)11(17)9-6-8(15(18)19)7-13-10(9)12/h6-7,16H,2-5H2,1H3,(H2,12,13). The van der Waals surface area contributed by atoms with Gasteiger partial charge in [-0.05, 0) is 13.3 Å². The second-order valence-electron chi connectivity index (χ2n) is 3.85. The van der Waals surface area contributed by atoms with Gasteiger partial charge in [-0.1, -0.05) is 0 Å². The molecule has 0 aliphatic heterocycles. The maximum Gasteiger partial charge on any atom is 0.288 e. The molecule has 0 aliphatic carbocycles. The number of nitrogens with two attached hydrogens (primary N) is 1. The van der Waals surface area contributed by atoms with Gasteiger partial charge in [-0.15, -0.1) is 0 Å². The van der Waals surface area contributed by atoms with E-state index in [2.05, 4.69) is 4.98 Å². The maximum atomic E-state index is 12.2. The van der Waals surface area contributed by atoms with Crippen molar-refractivity contribution >= 4 is 17.4 Å². The highest BCUT2D eigenvalue weighted by atomic mass is 16.6. The molecule has 0 atom stereocenters. The van der Waals surface area contributed by atoms with Crippen molar-refractivity contribution in [1.82, 2.24) is 9.88 Å². The zero-order valence-corrected chi connectivity index (χ0v) is 10.6. The molecule has 8 heteroatoms. The Kier molecular flexibility index (Phi) is 5.19. The topological polar surface area (TPSA) is 123 Å². The number of aliphatic hydroxyl groups is 1. The monoisotopic (exact) mass is 268 g/mol. The van der Waals surface area contributed by atoms with E-state index in [0.29, 0.717) is 19.5 Å². The molecule has 0 fully saturated rings. The number of hydrogen-bond acceptors (Lipinski definition) is 6.